The molecule has 6 nitrogen and oxygen atoms in total. The number of carbonyl (C=O) groups is 1. The van der Waals surface area contributed by atoms with E-state index >= 15 is 0 Å². The Labute approximate surface area is 79.2 Å². The van der Waals surface area contributed by atoms with E-state index in [-0.39, 0.29) is 17.2 Å². The van der Waals surface area contributed by atoms with Gasteiger partial charge >= 0.3 is 5.69 Å². The molecule has 1 heterocycles. The number of nitrogens with one attached hydrogen (secondary N) is 2. The van der Waals surface area contributed by atoms with Gasteiger partial charge in [0.05, 0.1) is 0 Å². The molecule has 1 amide bonds. The van der Waals surface area contributed by atoms with Crippen molar-refractivity contribution in [2.24, 2.45) is 0 Å². The second-order valence-corrected chi connectivity index (χ2v) is 3.12. The van der Waals surface area contributed by atoms with Crippen LogP contribution in [0, 0.1) is 4.77 Å². The third-order valence-corrected chi connectivity index (χ3v) is 1.88. The van der Waals surface area contributed by atoms with Crippen molar-refractivity contribution in [1.82, 2.24) is 19.7 Å². The van der Waals surface area contributed by atoms with Crippen LogP contribution in [-0.2, 0) is 11.3 Å². The van der Waals surface area contributed by atoms with Gasteiger partial charge in [0.25, 0.3) is 0 Å². The van der Waals surface area contributed by atoms with Crippen molar-refractivity contribution in [2.45, 2.75) is 6.54 Å². The molecule has 1 aromatic rings. The molecule has 0 aliphatic rings. The van der Waals surface area contributed by atoms with Crippen LogP contribution in [0.25, 0.3) is 0 Å². The quantitative estimate of drug-likeness (QED) is 0.624. The van der Waals surface area contributed by atoms with Gasteiger partial charge in [0.1, 0.15) is 6.54 Å². The van der Waals surface area contributed by atoms with Crippen molar-refractivity contribution in [3.8, 4) is 0 Å². The number of aromatic amines is 2. The van der Waals surface area contributed by atoms with E-state index in [9.17, 15) is 9.59 Å². The van der Waals surface area contributed by atoms with Crippen LogP contribution in [0.4, 0.5) is 0 Å². The van der Waals surface area contributed by atoms with Crippen LogP contribution in [0.5, 0.6) is 0 Å². The van der Waals surface area contributed by atoms with Gasteiger partial charge in [-0.25, -0.2) is 9.89 Å². The lowest BCUT2D eigenvalue weighted by molar-refractivity contribution is -0.129. The summed E-state index contributed by atoms with van der Waals surface area (Å²) in [5.41, 5.74) is -0.403. The Morgan fingerprint density at radius 3 is 2.54 bits per heavy atom. The summed E-state index contributed by atoms with van der Waals surface area (Å²) >= 11 is 4.78. The molecule has 1 aromatic heterocycles. The standard InChI is InChI=1S/C6H10N4O2S/c1-9(2)4(11)3-10-5(12)7-8-6(10)13/h3H2,1-2H3,(H,7,12)(H,8,13). The first-order valence-corrected chi connectivity index (χ1v) is 4.01. The van der Waals surface area contributed by atoms with Gasteiger partial charge in [-0.3, -0.25) is 14.5 Å². The van der Waals surface area contributed by atoms with E-state index in [2.05, 4.69) is 10.2 Å². The van der Waals surface area contributed by atoms with Gasteiger partial charge in [-0.1, -0.05) is 0 Å². The summed E-state index contributed by atoms with van der Waals surface area (Å²) in [5, 5.41) is 4.74. The number of hydrogen-bond acceptors (Lipinski definition) is 3. The third-order valence-electron chi connectivity index (χ3n) is 1.56. The van der Waals surface area contributed by atoms with E-state index < -0.39 is 5.69 Å². The monoisotopic (exact) mass is 202 g/mol. The number of aromatic nitrogens is 3. The zero-order valence-electron chi connectivity index (χ0n) is 7.33. The minimum absolute atomic E-state index is 0.0370. The highest BCUT2D eigenvalue weighted by molar-refractivity contribution is 7.71. The van der Waals surface area contributed by atoms with Crippen molar-refractivity contribution in [1.29, 1.82) is 0 Å². The predicted molar refractivity (Wildman–Crippen MR) is 48.9 cm³/mol. The van der Waals surface area contributed by atoms with Gasteiger partial charge < -0.3 is 4.90 Å². The summed E-state index contributed by atoms with van der Waals surface area (Å²) in [6, 6.07) is 0. The number of hydrogen-bond donors (Lipinski definition) is 2. The highest BCUT2D eigenvalue weighted by atomic mass is 32.1. The Morgan fingerprint density at radius 2 is 2.15 bits per heavy atom. The summed E-state index contributed by atoms with van der Waals surface area (Å²) in [6.45, 7) is -0.0370. The molecule has 0 saturated heterocycles. The molecule has 0 bridgehead atoms. The summed E-state index contributed by atoms with van der Waals surface area (Å²) in [5.74, 6) is -0.179. The van der Waals surface area contributed by atoms with Gasteiger partial charge in [0.2, 0.25) is 5.91 Å². The van der Waals surface area contributed by atoms with Crippen LogP contribution >= 0.6 is 12.2 Å². The highest BCUT2D eigenvalue weighted by Gasteiger charge is 2.08. The molecule has 0 fully saturated rings. The molecule has 13 heavy (non-hydrogen) atoms. The summed E-state index contributed by atoms with van der Waals surface area (Å²) in [6.07, 6.45) is 0. The minimum atomic E-state index is -0.403. The van der Waals surface area contributed by atoms with Crippen LogP contribution in [0.1, 0.15) is 0 Å². The SMILES string of the molecule is CN(C)C(=O)Cn1c(=O)[nH][nH]c1=S. The number of carbonyl (C=O) groups excluding carboxylic acids is 1. The number of H-pyrrole nitrogens is 2. The molecule has 2 N–H and O–H groups in total. The van der Waals surface area contributed by atoms with E-state index in [1.807, 2.05) is 0 Å². The van der Waals surface area contributed by atoms with Gasteiger partial charge in [-0.05, 0) is 12.2 Å². The Bertz CT molecular complexity index is 385. The van der Waals surface area contributed by atoms with E-state index in [1.54, 1.807) is 14.1 Å². The van der Waals surface area contributed by atoms with Gasteiger partial charge in [0.15, 0.2) is 4.77 Å². The normalized spacial score (nSPS) is 10.0. The Morgan fingerprint density at radius 1 is 1.54 bits per heavy atom. The van der Waals surface area contributed by atoms with Crippen LogP contribution < -0.4 is 5.69 Å². The average Bonchev–Trinajstić information content (AvgIpc) is 2.35. The van der Waals surface area contributed by atoms with Crippen molar-refractivity contribution < 1.29 is 4.79 Å². The third kappa shape index (κ3) is 2.05. The topological polar surface area (TPSA) is 73.9 Å². The second kappa shape index (κ2) is 3.56. The molecule has 0 unspecified atom stereocenters. The molecule has 72 valence electrons. The fourth-order valence-corrected chi connectivity index (χ4v) is 0.953. The van der Waals surface area contributed by atoms with Crippen LogP contribution in [-0.4, -0.2) is 39.7 Å². The van der Waals surface area contributed by atoms with Gasteiger partial charge in [-0.15, -0.1) is 0 Å². The number of rotatable bonds is 2. The fourth-order valence-electron chi connectivity index (χ4n) is 0.754. The smallest absolute Gasteiger partial charge is 0.342 e. The first-order chi connectivity index (χ1) is 6.02. The van der Waals surface area contributed by atoms with Crippen molar-refractivity contribution in [2.75, 3.05) is 14.1 Å². The molecule has 0 atom stereocenters. The highest BCUT2D eigenvalue weighted by Crippen LogP contribution is 1.86. The second-order valence-electron chi connectivity index (χ2n) is 2.73. The molecule has 0 aliphatic heterocycles. The molecule has 0 spiro atoms. The van der Waals surface area contributed by atoms with E-state index in [0.717, 1.165) is 4.57 Å². The molecule has 0 aromatic carbocycles. The summed E-state index contributed by atoms with van der Waals surface area (Å²) in [7, 11) is 3.24. The zero-order valence-corrected chi connectivity index (χ0v) is 8.14. The van der Waals surface area contributed by atoms with E-state index in [4.69, 9.17) is 12.2 Å². The maximum atomic E-state index is 11.2. The van der Waals surface area contributed by atoms with Crippen LogP contribution in [0.3, 0.4) is 0 Å². The predicted octanol–water partition coefficient (Wildman–Crippen LogP) is -0.678. The number of amides is 1. The van der Waals surface area contributed by atoms with Gasteiger partial charge in [0, 0.05) is 14.1 Å². The Hall–Kier alpha value is -1.37. The molecule has 1 rings (SSSR count). The first-order valence-electron chi connectivity index (χ1n) is 3.60. The summed E-state index contributed by atoms with van der Waals surface area (Å²) < 4.78 is 1.39. The van der Waals surface area contributed by atoms with Crippen molar-refractivity contribution >= 4 is 18.1 Å². The zero-order chi connectivity index (χ0) is 10.0. The lowest BCUT2D eigenvalue weighted by Crippen LogP contribution is -2.30. The first kappa shape index (κ1) is 9.72. The fraction of sp³-hybridized carbons (Fsp3) is 0.500. The van der Waals surface area contributed by atoms with Crippen molar-refractivity contribution in [3.63, 3.8) is 0 Å². The van der Waals surface area contributed by atoms with E-state index in [0.29, 0.717) is 0 Å². The lowest BCUT2D eigenvalue weighted by Gasteiger charge is -2.08. The maximum Gasteiger partial charge on any atom is 0.342 e. The van der Waals surface area contributed by atoms with Crippen LogP contribution in [0.2, 0.25) is 0 Å². The largest absolute Gasteiger partial charge is 0.347 e. The van der Waals surface area contributed by atoms with Gasteiger partial charge in [-0.2, -0.15) is 0 Å². The molecular weight excluding hydrogens is 192 g/mol. The minimum Gasteiger partial charge on any atom is -0.347 e. The lowest BCUT2D eigenvalue weighted by atomic mass is 10.5. The van der Waals surface area contributed by atoms with E-state index in [1.165, 1.54) is 4.90 Å². The Balaban J connectivity index is 2.93. The number of likely N-dealkylation sites (N-methyl/N-ethyl adjacent to an activating group) is 1. The van der Waals surface area contributed by atoms with Crippen molar-refractivity contribution in [3.05, 3.63) is 15.3 Å². The summed E-state index contributed by atoms with van der Waals surface area (Å²) in [4.78, 5) is 23.6. The maximum absolute atomic E-state index is 11.2. The molecule has 0 radical (unpaired) electrons. The Kier molecular flexibility index (Phi) is 2.66. The molecule has 7 heteroatoms. The molecular formula is C6H10N4O2S. The number of nitrogens with zero attached hydrogens (tertiary/aromatic N) is 2. The molecule has 0 aliphatic carbocycles. The molecule has 0 saturated carbocycles. The van der Waals surface area contributed by atoms with Crippen LogP contribution in [0.15, 0.2) is 4.79 Å². The average molecular weight is 202 g/mol.